The van der Waals surface area contributed by atoms with E-state index in [-0.39, 0.29) is 6.04 Å². The number of hydrogen-bond donors (Lipinski definition) is 1. The number of nitrogens with two attached hydrogens (primary N) is 1. The first kappa shape index (κ1) is 13.0. The zero-order valence-corrected chi connectivity index (χ0v) is 8.81. The second-order valence-electron chi connectivity index (χ2n) is 3.68. The lowest BCUT2D eigenvalue weighted by atomic mass is 10.0. The van der Waals surface area contributed by atoms with Crippen LogP contribution in [0.4, 0.5) is 17.6 Å². The molecule has 0 aliphatic carbocycles. The highest BCUT2D eigenvalue weighted by Crippen LogP contribution is 2.32. The van der Waals surface area contributed by atoms with Crippen LogP contribution in [0.5, 0.6) is 0 Å². The summed E-state index contributed by atoms with van der Waals surface area (Å²) in [6.07, 6.45) is -3.67. The third kappa shape index (κ3) is 3.20. The average molecular weight is 235 g/mol. The fourth-order valence-corrected chi connectivity index (χ4v) is 1.36. The highest BCUT2D eigenvalue weighted by molar-refractivity contribution is 5.27. The standard InChI is InChI=1S/C11H13F4N/c1-2-8(16)5-7-3-4-10(12)9(6-7)11(13,14)15/h3-4,6,8H,2,5,16H2,1H3. The summed E-state index contributed by atoms with van der Waals surface area (Å²) in [5.74, 6) is -1.25. The van der Waals surface area contributed by atoms with Crippen LogP contribution in [-0.4, -0.2) is 6.04 Å². The van der Waals surface area contributed by atoms with Crippen molar-refractivity contribution in [2.45, 2.75) is 32.0 Å². The second kappa shape index (κ2) is 4.82. The first-order chi connectivity index (χ1) is 7.34. The zero-order chi connectivity index (χ0) is 12.3. The summed E-state index contributed by atoms with van der Waals surface area (Å²) in [7, 11) is 0. The van der Waals surface area contributed by atoms with E-state index >= 15 is 0 Å². The molecular weight excluding hydrogens is 222 g/mol. The molecule has 0 saturated carbocycles. The molecule has 0 saturated heterocycles. The summed E-state index contributed by atoms with van der Waals surface area (Å²) >= 11 is 0. The Morgan fingerprint density at radius 2 is 1.94 bits per heavy atom. The van der Waals surface area contributed by atoms with Gasteiger partial charge in [-0.2, -0.15) is 13.2 Å². The SMILES string of the molecule is CCC(N)Cc1ccc(F)c(C(F)(F)F)c1. The van der Waals surface area contributed by atoms with Gasteiger partial charge in [0.1, 0.15) is 5.82 Å². The lowest BCUT2D eigenvalue weighted by Crippen LogP contribution is -2.21. The quantitative estimate of drug-likeness (QED) is 0.800. The number of halogens is 4. The molecule has 0 aromatic heterocycles. The molecule has 0 spiro atoms. The lowest BCUT2D eigenvalue weighted by molar-refractivity contribution is -0.140. The van der Waals surface area contributed by atoms with E-state index in [4.69, 9.17) is 5.73 Å². The van der Waals surface area contributed by atoms with Crippen molar-refractivity contribution in [3.63, 3.8) is 0 Å². The molecule has 5 heteroatoms. The van der Waals surface area contributed by atoms with Crippen molar-refractivity contribution in [1.29, 1.82) is 0 Å². The Morgan fingerprint density at radius 1 is 1.31 bits per heavy atom. The normalized spacial score (nSPS) is 13.9. The average Bonchev–Trinajstić information content (AvgIpc) is 2.19. The maximum absolute atomic E-state index is 12.9. The van der Waals surface area contributed by atoms with Gasteiger partial charge in [0.2, 0.25) is 0 Å². The van der Waals surface area contributed by atoms with Gasteiger partial charge in [-0.1, -0.05) is 13.0 Å². The summed E-state index contributed by atoms with van der Waals surface area (Å²) in [4.78, 5) is 0. The topological polar surface area (TPSA) is 26.0 Å². The molecule has 1 unspecified atom stereocenters. The second-order valence-corrected chi connectivity index (χ2v) is 3.68. The summed E-state index contributed by atoms with van der Waals surface area (Å²) in [6.45, 7) is 1.85. The molecule has 0 aliphatic rings. The minimum Gasteiger partial charge on any atom is -0.327 e. The predicted octanol–water partition coefficient (Wildman–Crippen LogP) is 3.12. The Bertz CT molecular complexity index is 359. The molecule has 1 nitrogen and oxygen atoms in total. The van der Waals surface area contributed by atoms with Crippen molar-refractivity contribution in [3.05, 3.63) is 35.1 Å². The van der Waals surface area contributed by atoms with Gasteiger partial charge in [0.05, 0.1) is 5.56 Å². The lowest BCUT2D eigenvalue weighted by Gasteiger charge is -2.12. The number of alkyl halides is 3. The van der Waals surface area contributed by atoms with E-state index in [1.54, 1.807) is 0 Å². The highest BCUT2D eigenvalue weighted by Gasteiger charge is 2.34. The van der Waals surface area contributed by atoms with Crippen LogP contribution in [0.2, 0.25) is 0 Å². The van der Waals surface area contributed by atoms with Crippen molar-refractivity contribution in [3.8, 4) is 0 Å². The van der Waals surface area contributed by atoms with Crippen molar-refractivity contribution in [1.82, 2.24) is 0 Å². The van der Waals surface area contributed by atoms with E-state index in [2.05, 4.69) is 0 Å². The molecule has 0 fully saturated rings. The molecule has 90 valence electrons. The maximum Gasteiger partial charge on any atom is 0.419 e. The van der Waals surface area contributed by atoms with Gasteiger partial charge >= 0.3 is 6.18 Å². The van der Waals surface area contributed by atoms with E-state index in [9.17, 15) is 17.6 Å². The van der Waals surface area contributed by atoms with Crippen LogP contribution in [0.15, 0.2) is 18.2 Å². The van der Waals surface area contributed by atoms with Crippen LogP contribution in [0, 0.1) is 5.82 Å². The van der Waals surface area contributed by atoms with Gasteiger partial charge < -0.3 is 5.73 Å². The van der Waals surface area contributed by atoms with E-state index in [0.29, 0.717) is 18.4 Å². The zero-order valence-electron chi connectivity index (χ0n) is 8.81. The Balaban J connectivity index is 2.99. The Kier molecular flexibility index (Phi) is 3.91. The summed E-state index contributed by atoms with van der Waals surface area (Å²) in [6, 6.07) is 2.79. The molecular formula is C11H13F4N. The van der Waals surface area contributed by atoms with Crippen LogP contribution in [0.25, 0.3) is 0 Å². The molecule has 0 bridgehead atoms. The van der Waals surface area contributed by atoms with E-state index < -0.39 is 17.6 Å². The highest BCUT2D eigenvalue weighted by atomic mass is 19.4. The maximum atomic E-state index is 12.9. The Morgan fingerprint density at radius 3 is 2.44 bits per heavy atom. The predicted molar refractivity (Wildman–Crippen MR) is 53.4 cm³/mol. The largest absolute Gasteiger partial charge is 0.419 e. The monoisotopic (exact) mass is 235 g/mol. The number of rotatable bonds is 3. The molecule has 0 radical (unpaired) electrons. The van der Waals surface area contributed by atoms with Crippen LogP contribution in [0.3, 0.4) is 0 Å². The third-order valence-electron chi connectivity index (χ3n) is 2.36. The van der Waals surface area contributed by atoms with Crippen molar-refractivity contribution >= 4 is 0 Å². The summed E-state index contributed by atoms with van der Waals surface area (Å²) in [5.41, 5.74) is 4.80. The molecule has 1 rings (SSSR count). The van der Waals surface area contributed by atoms with Gasteiger partial charge in [-0.25, -0.2) is 4.39 Å². The molecule has 0 amide bonds. The van der Waals surface area contributed by atoms with Gasteiger partial charge in [0.25, 0.3) is 0 Å². The minimum atomic E-state index is -4.66. The van der Waals surface area contributed by atoms with Gasteiger partial charge in [-0.3, -0.25) is 0 Å². The van der Waals surface area contributed by atoms with Gasteiger partial charge in [0, 0.05) is 6.04 Å². The fraction of sp³-hybridized carbons (Fsp3) is 0.455. The van der Waals surface area contributed by atoms with Crippen LogP contribution in [-0.2, 0) is 12.6 Å². The van der Waals surface area contributed by atoms with Gasteiger partial charge in [-0.15, -0.1) is 0 Å². The van der Waals surface area contributed by atoms with Crippen molar-refractivity contribution in [2.24, 2.45) is 5.73 Å². The van der Waals surface area contributed by atoms with Gasteiger partial charge in [0.15, 0.2) is 0 Å². The van der Waals surface area contributed by atoms with Crippen molar-refractivity contribution < 1.29 is 17.6 Å². The third-order valence-corrected chi connectivity index (χ3v) is 2.36. The molecule has 16 heavy (non-hydrogen) atoms. The molecule has 0 heterocycles. The van der Waals surface area contributed by atoms with Crippen LogP contribution in [0.1, 0.15) is 24.5 Å². The summed E-state index contributed by atoms with van der Waals surface area (Å²) in [5, 5.41) is 0. The molecule has 0 aliphatic heterocycles. The number of hydrogen-bond acceptors (Lipinski definition) is 1. The van der Waals surface area contributed by atoms with Crippen LogP contribution < -0.4 is 5.73 Å². The fourth-order valence-electron chi connectivity index (χ4n) is 1.36. The first-order valence-electron chi connectivity index (χ1n) is 4.95. The molecule has 1 atom stereocenters. The van der Waals surface area contributed by atoms with Crippen molar-refractivity contribution in [2.75, 3.05) is 0 Å². The van der Waals surface area contributed by atoms with E-state index in [1.807, 2.05) is 6.92 Å². The van der Waals surface area contributed by atoms with Crippen LogP contribution >= 0.6 is 0 Å². The molecule has 1 aromatic rings. The first-order valence-corrected chi connectivity index (χ1v) is 4.95. The van der Waals surface area contributed by atoms with E-state index in [1.165, 1.54) is 6.07 Å². The molecule has 1 aromatic carbocycles. The van der Waals surface area contributed by atoms with Gasteiger partial charge in [-0.05, 0) is 30.5 Å². The van der Waals surface area contributed by atoms with E-state index in [0.717, 1.165) is 12.1 Å². The smallest absolute Gasteiger partial charge is 0.327 e. The summed E-state index contributed by atoms with van der Waals surface area (Å²) < 4.78 is 50.1. The Labute approximate surface area is 91.3 Å². The minimum absolute atomic E-state index is 0.202. The molecule has 2 N–H and O–H groups in total. The number of benzene rings is 1. The Hall–Kier alpha value is -1.10.